The molecule has 0 saturated heterocycles. The van der Waals surface area contributed by atoms with Gasteiger partial charge in [-0.05, 0) is 35.9 Å². The zero-order valence-electron chi connectivity index (χ0n) is 14.4. The van der Waals surface area contributed by atoms with Gasteiger partial charge in [0.2, 0.25) is 0 Å². The summed E-state index contributed by atoms with van der Waals surface area (Å²) in [6.45, 7) is -0.418. The molecule has 0 unspecified atom stereocenters. The number of Topliss-reactive ketones (excluding diaryl/α,β-unsaturated/α-hetero) is 1. The SMILES string of the molecule is CN(C)c1ccc(/C=C(\C#N)C(=O)OCC(=O)c2ccc(Br)cc2)cc1. The highest BCUT2D eigenvalue weighted by Gasteiger charge is 2.14. The summed E-state index contributed by atoms with van der Waals surface area (Å²) >= 11 is 3.29. The summed E-state index contributed by atoms with van der Waals surface area (Å²) in [4.78, 5) is 26.0. The molecule has 0 amide bonds. The van der Waals surface area contributed by atoms with Gasteiger partial charge in [-0.15, -0.1) is 0 Å². The highest BCUT2D eigenvalue weighted by Crippen LogP contribution is 2.15. The highest BCUT2D eigenvalue weighted by atomic mass is 79.9. The fourth-order valence-corrected chi connectivity index (χ4v) is 2.36. The fourth-order valence-electron chi connectivity index (χ4n) is 2.10. The molecule has 0 N–H and O–H groups in total. The molecule has 0 heterocycles. The molecule has 0 radical (unpaired) electrons. The molecule has 0 atom stereocenters. The van der Waals surface area contributed by atoms with Gasteiger partial charge in [0.15, 0.2) is 12.4 Å². The van der Waals surface area contributed by atoms with E-state index >= 15 is 0 Å². The minimum atomic E-state index is -0.824. The number of anilines is 1. The minimum Gasteiger partial charge on any atom is -0.453 e. The maximum atomic E-state index is 12.1. The largest absolute Gasteiger partial charge is 0.453 e. The Hall–Kier alpha value is -2.91. The van der Waals surface area contributed by atoms with Crippen LogP contribution in [0.2, 0.25) is 0 Å². The average Bonchev–Trinajstić information content (AvgIpc) is 2.64. The first-order valence-corrected chi connectivity index (χ1v) is 8.55. The summed E-state index contributed by atoms with van der Waals surface area (Å²) in [7, 11) is 3.84. The number of nitriles is 1. The first-order valence-electron chi connectivity index (χ1n) is 7.76. The molecular formula is C20H17BrN2O3. The number of carbonyl (C=O) groups is 2. The summed E-state index contributed by atoms with van der Waals surface area (Å²) in [5, 5.41) is 9.20. The van der Waals surface area contributed by atoms with Crippen molar-refractivity contribution < 1.29 is 14.3 Å². The molecule has 2 aromatic rings. The molecule has 0 bridgehead atoms. The van der Waals surface area contributed by atoms with Crippen LogP contribution in [0, 0.1) is 11.3 Å². The second-order valence-electron chi connectivity index (χ2n) is 5.66. The third kappa shape index (κ3) is 5.30. The van der Waals surface area contributed by atoms with Gasteiger partial charge < -0.3 is 9.64 Å². The van der Waals surface area contributed by atoms with Crippen molar-refractivity contribution in [3.05, 3.63) is 69.7 Å². The predicted molar refractivity (Wildman–Crippen MR) is 104 cm³/mol. The summed E-state index contributed by atoms with van der Waals surface area (Å²) in [6, 6.07) is 15.9. The average molecular weight is 413 g/mol. The molecule has 0 aliphatic heterocycles. The van der Waals surface area contributed by atoms with Crippen LogP contribution in [0.15, 0.2) is 58.6 Å². The van der Waals surface area contributed by atoms with Crippen molar-refractivity contribution in [2.45, 2.75) is 0 Å². The van der Waals surface area contributed by atoms with Gasteiger partial charge in [-0.2, -0.15) is 5.26 Å². The van der Waals surface area contributed by atoms with Gasteiger partial charge in [-0.1, -0.05) is 40.2 Å². The number of esters is 1. The van der Waals surface area contributed by atoms with E-state index in [4.69, 9.17) is 4.74 Å². The Balaban J connectivity index is 2.02. The summed E-state index contributed by atoms with van der Waals surface area (Å²) < 4.78 is 5.82. The Labute approximate surface area is 160 Å². The van der Waals surface area contributed by atoms with Crippen molar-refractivity contribution in [3.63, 3.8) is 0 Å². The Bertz CT molecular complexity index is 863. The van der Waals surface area contributed by atoms with E-state index in [1.54, 1.807) is 36.4 Å². The highest BCUT2D eigenvalue weighted by molar-refractivity contribution is 9.10. The van der Waals surface area contributed by atoms with Crippen LogP contribution in [-0.4, -0.2) is 32.5 Å². The van der Waals surface area contributed by atoms with Gasteiger partial charge in [-0.3, -0.25) is 4.79 Å². The van der Waals surface area contributed by atoms with Gasteiger partial charge in [0, 0.05) is 29.8 Å². The van der Waals surface area contributed by atoms with E-state index in [9.17, 15) is 14.9 Å². The van der Waals surface area contributed by atoms with Crippen molar-refractivity contribution in [2.75, 3.05) is 25.6 Å². The fraction of sp³-hybridized carbons (Fsp3) is 0.150. The zero-order chi connectivity index (χ0) is 19.1. The Morgan fingerprint density at radius 1 is 1.12 bits per heavy atom. The summed E-state index contributed by atoms with van der Waals surface area (Å²) in [5.74, 6) is -1.16. The van der Waals surface area contributed by atoms with Crippen molar-refractivity contribution in [1.29, 1.82) is 5.26 Å². The van der Waals surface area contributed by atoms with Crippen molar-refractivity contribution in [2.24, 2.45) is 0 Å². The number of benzene rings is 2. The summed E-state index contributed by atoms with van der Waals surface area (Å²) in [5.41, 5.74) is 1.97. The Kier molecular flexibility index (Phi) is 6.70. The van der Waals surface area contributed by atoms with Gasteiger partial charge in [-0.25, -0.2) is 4.79 Å². The first-order chi connectivity index (χ1) is 12.4. The standard InChI is InChI=1S/C20H17BrN2O3/c1-23(2)18-9-3-14(4-10-18)11-16(12-22)20(25)26-13-19(24)15-5-7-17(21)8-6-15/h3-11H,13H2,1-2H3/b16-11+. The maximum absolute atomic E-state index is 12.1. The Morgan fingerprint density at radius 3 is 2.27 bits per heavy atom. The molecule has 6 heteroatoms. The van der Waals surface area contributed by atoms with E-state index in [1.165, 1.54) is 6.08 Å². The molecule has 26 heavy (non-hydrogen) atoms. The van der Waals surface area contributed by atoms with E-state index in [1.807, 2.05) is 37.2 Å². The molecular weight excluding hydrogens is 396 g/mol. The van der Waals surface area contributed by atoms with E-state index < -0.39 is 12.6 Å². The maximum Gasteiger partial charge on any atom is 0.349 e. The van der Waals surface area contributed by atoms with E-state index in [-0.39, 0.29) is 11.4 Å². The van der Waals surface area contributed by atoms with Crippen molar-refractivity contribution in [1.82, 2.24) is 0 Å². The van der Waals surface area contributed by atoms with Crippen molar-refractivity contribution >= 4 is 39.4 Å². The molecule has 0 aromatic heterocycles. The molecule has 0 aliphatic rings. The number of nitrogens with zero attached hydrogens (tertiary/aromatic N) is 2. The monoisotopic (exact) mass is 412 g/mol. The molecule has 132 valence electrons. The smallest absolute Gasteiger partial charge is 0.349 e. The van der Waals surface area contributed by atoms with Crippen LogP contribution in [0.3, 0.4) is 0 Å². The number of ether oxygens (including phenoxy) is 1. The van der Waals surface area contributed by atoms with Crippen LogP contribution in [0.1, 0.15) is 15.9 Å². The number of carbonyl (C=O) groups excluding carboxylic acids is 2. The van der Waals surface area contributed by atoms with E-state index in [0.717, 1.165) is 10.2 Å². The van der Waals surface area contributed by atoms with Crippen LogP contribution in [0.4, 0.5) is 5.69 Å². The number of hydrogen-bond donors (Lipinski definition) is 0. The van der Waals surface area contributed by atoms with Crippen LogP contribution < -0.4 is 4.90 Å². The van der Waals surface area contributed by atoms with Gasteiger partial charge in [0.05, 0.1) is 0 Å². The van der Waals surface area contributed by atoms with E-state index in [0.29, 0.717) is 11.1 Å². The van der Waals surface area contributed by atoms with Crippen LogP contribution in [0.5, 0.6) is 0 Å². The lowest BCUT2D eigenvalue weighted by atomic mass is 10.1. The second-order valence-corrected chi connectivity index (χ2v) is 6.58. The summed E-state index contributed by atoms with van der Waals surface area (Å²) in [6.07, 6.45) is 1.44. The molecule has 0 fully saturated rings. The quantitative estimate of drug-likeness (QED) is 0.312. The lowest BCUT2D eigenvalue weighted by molar-refractivity contribution is -0.137. The third-order valence-electron chi connectivity index (χ3n) is 3.56. The van der Waals surface area contributed by atoms with Crippen LogP contribution >= 0.6 is 15.9 Å². The lowest BCUT2D eigenvalue weighted by Crippen LogP contribution is -2.15. The van der Waals surface area contributed by atoms with Gasteiger partial charge in [0.25, 0.3) is 0 Å². The molecule has 2 aromatic carbocycles. The molecule has 0 spiro atoms. The molecule has 5 nitrogen and oxygen atoms in total. The predicted octanol–water partition coefficient (Wildman–Crippen LogP) is 3.85. The second kappa shape index (κ2) is 8.97. The minimum absolute atomic E-state index is 0.161. The molecule has 0 aliphatic carbocycles. The molecule has 0 saturated carbocycles. The molecule has 2 rings (SSSR count). The number of ketones is 1. The van der Waals surface area contributed by atoms with Crippen molar-refractivity contribution in [3.8, 4) is 6.07 Å². The third-order valence-corrected chi connectivity index (χ3v) is 4.09. The zero-order valence-corrected chi connectivity index (χ0v) is 16.0. The normalized spacial score (nSPS) is 10.8. The van der Waals surface area contributed by atoms with Crippen LogP contribution in [-0.2, 0) is 9.53 Å². The van der Waals surface area contributed by atoms with E-state index in [2.05, 4.69) is 15.9 Å². The van der Waals surface area contributed by atoms with Gasteiger partial charge >= 0.3 is 5.97 Å². The topological polar surface area (TPSA) is 70.4 Å². The Morgan fingerprint density at radius 2 is 1.73 bits per heavy atom. The van der Waals surface area contributed by atoms with Gasteiger partial charge in [0.1, 0.15) is 11.6 Å². The lowest BCUT2D eigenvalue weighted by Gasteiger charge is -2.11. The number of hydrogen-bond acceptors (Lipinski definition) is 5. The van der Waals surface area contributed by atoms with Crippen LogP contribution in [0.25, 0.3) is 6.08 Å². The number of rotatable bonds is 6. The first kappa shape index (κ1) is 19.4. The number of halogens is 1.